The van der Waals surface area contributed by atoms with Crippen molar-refractivity contribution in [3.8, 4) is 11.4 Å². The molecule has 3 aromatic carbocycles. The molecular formula is C36H29ClF6N8O5S. The number of rotatable bonds is 11. The number of carbonyl (C=O) groups excluding carboxylic acids is 1. The molecule has 1 fully saturated rings. The van der Waals surface area contributed by atoms with Crippen LogP contribution in [-0.4, -0.2) is 56.8 Å². The van der Waals surface area contributed by atoms with Gasteiger partial charge in [0, 0.05) is 30.7 Å². The van der Waals surface area contributed by atoms with Crippen molar-refractivity contribution in [2.24, 2.45) is 18.7 Å². The van der Waals surface area contributed by atoms with Gasteiger partial charge < -0.3 is 10.5 Å². The van der Waals surface area contributed by atoms with E-state index in [0.717, 1.165) is 23.0 Å². The Morgan fingerprint density at radius 1 is 1.11 bits per heavy atom. The number of primary amides is 1. The van der Waals surface area contributed by atoms with Gasteiger partial charge in [0.05, 0.1) is 51.8 Å². The van der Waals surface area contributed by atoms with Crippen LogP contribution in [0.4, 0.5) is 32.2 Å². The van der Waals surface area contributed by atoms with E-state index in [4.69, 9.17) is 27.1 Å². The second-order valence-corrected chi connectivity index (χ2v) is 16.2. The zero-order chi connectivity index (χ0) is 41.0. The van der Waals surface area contributed by atoms with Crippen LogP contribution >= 0.6 is 11.6 Å². The van der Waals surface area contributed by atoms with Crippen LogP contribution in [0.1, 0.15) is 59.1 Å². The Hall–Kier alpha value is -5.63. The van der Waals surface area contributed by atoms with Gasteiger partial charge in [-0.25, -0.2) is 35.6 Å². The van der Waals surface area contributed by atoms with Crippen LogP contribution in [0, 0.1) is 17.6 Å². The van der Waals surface area contributed by atoms with E-state index >= 15 is 8.78 Å². The number of aromatic nitrogens is 6. The van der Waals surface area contributed by atoms with Crippen LogP contribution in [0.5, 0.6) is 5.75 Å². The molecule has 0 radical (unpaired) electrons. The lowest BCUT2D eigenvalue weighted by Gasteiger charge is -2.30. The third-order valence-electron chi connectivity index (χ3n) is 10.3. The number of nitrogens with two attached hydrogens (primary N) is 1. The van der Waals surface area contributed by atoms with Gasteiger partial charge in [0.2, 0.25) is 15.9 Å². The summed E-state index contributed by atoms with van der Waals surface area (Å²) in [6, 6.07) is 7.07. The van der Waals surface area contributed by atoms with Crippen LogP contribution in [-0.2, 0) is 34.2 Å². The molecule has 3 N–H and O–H groups in total. The first kappa shape index (κ1) is 38.3. The number of sulfonamides is 1. The second-order valence-electron chi connectivity index (χ2n) is 14.0. The summed E-state index contributed by atoms with van der Waals surface area (Å²) in [5, 5.41) is 8.09. The van der Waals surface area contributed by atoms with Crippen molar-refractivity contribution >= 4 is 55.2 Å². The van der Waals surface area contributed by atoms with E-state index in [-0.39, 0.29) is 56.1 Å². The number of fused-ring (bicyclic) bond motifs is 5. The molecule has 21 heteroatoms. The molecule has 1 unspecified atom stereocenters. The third-order valence-corrected chi connectivity index (χ3v) is 11.2. The van der Waals surface area contributed by atoms with Gasteiger partial charge in [0.1, 0.15) is 40.6 Å². The molecule has 0 bridgehead atoms. The maximum absolute atomic E-state index is 16.1. The summed E-state index contributed by atoms with van der Waals surface area (Å²) in [6.45, 7) is 0. The minimum absolute atomic E-state index is 0.00955. The summed E-state index contributed by atoms with van der Waals surface area (Å²) in [7, 11) is -1.19. The Bertz CT molecular complexity index is 2840. The Labute approximate surface area is 323 Å². The Morgan fingerprint density at radius 2 is 1.81 bits per heavy atom. The number of hydrogen-bond acceptors (Lipinski definition) is 8. The molecule has 0 aliphatic heterocycles. The summed E-state index contributed by atoms with van der Waals surface area (Å²) < 4.78 is 126. The lowest BCUT2D eigenvalue weighted by atomic mass is 9.89. The fourth-order valence-electron chi connectivity index (χ4n) is 8.01. The molecule has 1 amide bonds. The first-order chi connectivity index (χ1) is 26.8. The summed E-state index contributed by atoms with van der Waals surface area (Å²) in [5.41, 5.74) is 2.53. The number of nitrogens with one attached hydrogen (secondary N) is 1. The highest BCUT2D eigenvalue weighted by molar-refractivity contribution is 7.92. The Morgan fingerprint density at radius 3 is 2.44 bits per heavy atom. The molecule has 4 atom stereocenters. The Kier molecular flexibility index (Phi) is 8.87. The SMILES string of the molecule is COc1ccc2c(=O)n(-c3ccc(Cl)c4c(NS(C)(=O)=O)nn(C)c34)c([C@@H](Cc3cc(F)cc(F)c3)C(C(N)=O)n3nc(C(F)F)c4c3C(F)(F)[C@@H]3C[C@H]43)nc2c1. The molecule has 13 nitrogen and oxygen atoms in total. The van der Waals surface area contributed by atoms with E-state index in [9.17, 15) is 35.6 Å². The number of hydrogen-bond donors (Lipinski definition) is 2. The number of benzene rings is 3. The predicted molar refractivity (Wildman–Crippen MR) is 195 cm³/mol. The van der Waals surface area contributed by atoms with Crippen molar-refractivity contribution in [1.29, 1.82) is 0 Å². The van der Waals surface area contributed by atoms with Crippen LogP contribution < -0.4 is 20.8 Å². The molecular weight excluding hydrogens is 806 g/mol. The van der Waals surface area contributed by atoms with Crippen LogP contribution in [0.15, 0.2) is 53.3 Å². The van der Waals surface area contributed by atoms with E-state index in [0.29, 0.717) is 10.7 Å². The van der Waals surface area contributed by atoms with Gasteiger partial charge in [-0.05, 0) is 60.7 Å². The first-order valence-corrected chi connectivity index (χ1v) is 19.3. The molecule has 6 aromatic rings. The van der Waals surface area contributed by atoms with E-state index in [2.05, 4.69) is 14.9 Å². The average molecular weight is 835 g/mol. The van der Waals surface area contributed by atoms with E-state index in [1.165, 1.54) is 49.2 Å². The van der Waals surface area contributed by atoms with Crippen LogP contribution in [0.3, 0.4) is 0 Å². The van der Waals surface area contributed by atoms with Gasteiger partial charge in [0.25, 0.3) is 17.9 Å². The highest BCUT2D eigenvalue weighted by Crippen LogP contribution is 2.68. The average Bonchev–Trinajstić information content (AvgIpc) is 3.65. The summed E-state index contributed by atoms with van der Waals surface area (Å²) in [5.74, 6) is -11.7. The van der Waals surface area contributed by atoms with Gasteiger partial charge in [-0.1, -0.05) is 11.6 Å². The first-order valence-electron chi connectivity index (χ1n) is 17.1. The number of carbonyl (C=O) groups is 1. The fourth-order valence-corrected chi connectivity index (χ4v) is 8.74. The zero-order valence-corrected chi connectivity index (χ0v) is 31.3. The maximum Gasteiger partial charge on any atom is 0.293 e. The maximum atomic E-state index is 16.1. The number of ether oxygens (including phenoxy) is 1. The lowest BCUT2D eigenvalue weighted by molar-refractivity contribution is -0.122. The van der Waals surface area contributed by atoms with Crippen molar-refractivity contribution in [3.63, 3.8) is 0 Å². The second kappa shape index (κ2) is 13.2. The summed E-state index contributed by atoms with van der Waals surface area (Å²) in [4.78, 5) is 33.4. The quantitative estimate of drug-likeness (QED) is 0.150. The molecule has 2 aliphatic rings. The number of nitrogens with zero attached hydrogens (tertiary/aromatic N) is 6. The van der Waals surface area contributed by atoms with Crippen molar-refractivity contribution < 1.29 is 44.3 Å². The van der Waals surface area contributed by atoms with Gasteiger partial charge in [-0.15, -0.1) is 0 Å². The number of anilines is 1. The highest BCUT2D eigenvalue weighted by Gasteiger charge is 2.67. The number of amides is 1. The van der Waals surface area contributed by atoms with Crippen LogP contribution in [0.25, 0.3) is 27.5 Å². The minimum Gasteiger partial charge on any atom is -0.497 e. The minimum atomic E-state index is -3.94. The van der Waals surface area contributed by atoms with Gasteiger partial charge in [-0.2, -0.15) is 19.0 Å². The molecule has 0 spiro atoms. The van der Waals surface area contributed by atoms with Crippen LogP contribution in [0.2, 0.25) is 5.02 Å². The van der Waals surface area contributed by atoms with Crippen molar-refractivity contribution in [3.05, 3.63) is 104 Å². The highest BCUT2D eigenvalue weighted by atomic mass is 35.5. The molecule has 8 rings (SSSR count). The zero-order valence-electron chi connectivity index (χ0n) is 29.8. The fraction of sp³-hybridized carbons (Fsp3) is 0.306. The lowest BCUT2D eigenvalue weighted by Crippen LogP contribution is -2.39. The van der Waals surface area contributed by atoms with E-state index < -0.39 is 98.5 Å². The largest absolute Gasteiger partial charge is 0.497 e. The molecule has 0 saturated heterocycles. The van der Waals surface area contributed by atoms with Crippen molar-refractivity contribution in [1.82, 2.24) is 29.1 Å². The monoisotopic (exact) mass is 834 g/mol. The predicted octanol–water partition coefficient (Wildman–Crippen LogP) is 5.98. The number of halogens is 7. The normalized spacial score (nSPS) is 18.2. The molecule has 1 saturated carbocycles. The van der Waals surface area contributed by atoms with Gasteiger partial charge in [0.15, 0.2) is 5.82 Å². The van der Waals surface area contributed by atoms with Crippen molar-refractivity contribution in [2.45, 2.75) is 43.1 Å². The molecule has 3 aromatic heterocycles. The summed E-state index contributed by atoms with van der Waals surface area (Å²) in [6.07, 6.45) is -3.22. The van der Waals surface area contributed by atoms with E-state index in [1.54, 1.807) is 0 Å². The van der Waals surface area contributed by atoms with Gasteiger partial charge in [-0.3, -0.25) is 23.6 Å². The topological polar surface area (TPSA) is 169 Å². The standard InChI is InChI=1S/C36H29ClF6N8O5S/c1-49-29-24(7-6-22(37)26(29)33(47-49)48-57(3,54)55)50-34(45-23-12-17(56-2)4-5-18(23)35(50)53)20(10-14-8-15(38)11-16(39)9-14)28(32(44)52)51-30-25(27(46-51)31(40)41)19-13-21(19)36(30,42)43/h4-9,11-12,19-21,28,31H,10,13H2,1-3H3,(H2,44,52)(H,47,48)/t19-,20-,21+,28?/m0/s1. The molecule has 3 heterocycles. The number of aryl methyl sites for hydroxylation is 1. The number of methoxy groups -OCH3 is 1. The van der Waals surface area contributed by atoms with E-state index in [1.807, 2.05) is 0 Å². The molecule has 57 heavy (non-hydrogen) atoms. The molecule has 298 valence electrons. The van der Waals surface area contributed by atoms with Gasteiger partial charge >= 0.3 is 0 Å². The molecule has 2 aliphatic carbocycles. The van der Waals surface area contributed by atoms with Crippen molar-refractivity contribution in [2.75, 3.05) is 18.1 Å². The number of alkyl halides is 4. The Balaban J connectivity index is 1.49. The summed E-state index contributed by atoms with van der Waals surface area (Å²) >= 11 is 6.59. The third kappa shape index (κ3) is 6.25. The smallest absolute Gasteiger partial charge is 0.293 e.